The van der Waals surface area contributed by atoms with Crippen LogP contribution in [0.15, 0.2) is 152 Å². The van der Waals surface area contributed by atoms with E-state index in [-0.39, 0.29) is 5.41 Å². The molecule has 0 N–H and O–H groups in total. The number of rotatable bonds is 3. The molecule has 2 aromatic heterocycles. The molecular formula is C45H31N3. The summed E-state index contributed by atoms with van der Waals surface area (Å²) in [5.74, 6) is 0.664. The third kappa shape index (κ3) is 3.76. The van der Waals surface area contributed by atoms with E-state index in [1.54, 1.807) is 0 Å². The molecule has 0 atom stereocenters. The van der Waals surface area contributed by atoms with Gasteiger partial charge in [0.2, 0.25) is 5.95 Å². The molecule has 0 bridgehead atoms. The van der Waals surface area contributed by atoms with Crippen molar-refractivity contribution in [1.82, 2.24) is 14.5 Å². The molecule has 3 heteroatoms. The van der Waals surface area contributed by atoms with Gasteiger partial charge in [0.25, 0.3) is 0 Å². The molecule has 1 aliphatic rings. The lowest BCUT2D eigenvalue weighted by atomic mass is 9.68. The highest BCUT2D eigenvalue weighted by Crippen LogP contribution is 2.53. The zero-order valence-corrected chi connectivity index (χ0v) is 26.8. The molecule has 0 unspecified atom stereocenters. The summed E-state index contributed by atoms with van der Waals surface area (Å²) in [7, 11) is 0. The summed E-state index contributed by atoms with van der Waals surface area (Å²) in [4.78, 5) is 10.7. The van der Waals surface area contributed by atoms with Gasteiger partial charge in [-0.25, -0.2) is 9.97 Å². The van der Waals surface area contributed by atoms with E-state index < -0.39 is 0 Å². The van der Waals surface area contributed by atoms with Crippen molar-refractivity contribution in [2.45, 2.75) is 19.3 Å². The Kier molecular flexibility index (Phi) is 5.63. The van der Waals surface area contributed by atoms with Crippen LogP contribution in [0, 0.1) is 0 Å². The van der Waals surface area contributed by atoms with Gasteiger partial charge < -0.3 is 0 Å². The Labute approximate surface area is 278 Å². The second kappa shape index (κ2) is 9.97. The average Bonchev–Trinajstić information content (AvgIpc) is 3.48. The minimum atomic E-state index is -0.130. The number of hydrogen-bond donors (Lipinski definition) is 0. The van der Waals surface area contributed by atoms with Crippen molar-refractivity contribution in [2.24, 2.45) is 0 Å². The molecule has 10 rings (SSSR count). The summed E-state index contributed by atoms with van der Waals surface area (Å²) in [6.45, 7) is 4.72. The van der Waals surface area contributed by atoms with Crippen molar-refractivity contribution in [3.8, 4) is 39.6 Å². The molecule has 0 amide bonds. The average molecular weight is 614 g/mol. The standard InChI is InChI=1S/C45H31N3/c1-45(2)34-22-12-11-21-33(34)42-40-31(19-13-23-35(40)45)26-39-43(42)41-32-20-10-9-14-28(32)24-25-38(41)48(39)44-46-36(29-15-5-3-6-16-29)27-37(47-44)30-17-7-4-8-18-30/h3-27H,1-2H3. The smallest absolute Gasteiger partial charge is 0.235 e. The normalized spacial score (nSPS) is 13.4. The quantitative estimate of drug-likeness (QED) is 0.198. The van der Waals surface area contributed by atoms with Crippen LogP contribution >= 0.6 is 0 Å². The largest absolute Gasteiger partial charge is 0.278 e. The number of benzene rings is 7. The van der Waals surface area contributed by atoms with Crippen LogP contribution in [-0.4, -0.2) is 14.5 Å². The lowest BCUT2D eigenvalue weighted by Gasteiger charge is -2.35. The van der Waals surface area contributed by atoms with Crippen LogP contribution in [0.4, 0.5) is 0 Å². The first-order valence-corrected chi connectivity index (χ1v) is 16.6. The van der Waals surface area contributed by atoms with E-state index in [0.29, 0.717) is 5.95 Å². The molecule has 0 saturated carbocycles. The van der Waals surface area contributed by atoms with Gasteiger partial charge in [-0.3, -0.25) is 4.57 Å². The van der Waals surface area contributed by atoms with Gasteiger partial charge in [0.05, 0.1) is 22.4 Å². The molecule has 2 heterocycles. The van der Waals surface area contributed by atoms with Crippen LogP contribution in [0.5, 0.6) is 0 Å². The first-order chi connectivity index (χ1) is 23.6. The number of fused-ring (bicyclic) bond motifs is 8. The third-order valence-corrected chi connectivity index (χ3v) is 10.4. The topological polar surface area (TPSA) is 30.7 Å². The molecule has 0 spiro atoms. The van der Waals surface area contributed by atoms with Crippen molar-refractivity contribution < 1.29 is 0 Å². The fraction of sp³-hybridized carbons (Fsp3) is 0.0667. The third-order valence-electron chi connectivity index (χ3n) is 10.4. The first-order valence-electron chi connectivity index (χ1n) is 16.6. The van der Waals surface area contributed by atoms with Gasteiger partial charge in [0.1, 0.15) is 0 Å². The Morgan fingerprint density at radius 3 is 1.85 bits per heavy atom. The lowest BCUT2D eigenvalue weighted by molar-refractivity contribution is 0.645. The van der Waals surface area contributed by atoms with Gasteiger partial charge in [0, 0.05) is 32.9 Å². The number of hydrogen-bond acceptors (Lipinski definition) is 2. The maximum Gasteiger partial charge on any atom is 0.235 e. The maximum absolute atomic E-state index is 5.34. The van der Waals surface area contributed by atoms with Crippen molar-refractivity contribution >= 4 is 43.4 Å². The highest BCUT2D eigenvalue weighted by molar-refractivity contribution is 6.30. The lowest BCUT2D eigenvalue weighted by Crippen LogP contribution is -2.23. The molecule has 3 nitrogen and oxygen atoms in total. The van der Waals surface area contributed by atoms with Gasteiger partial charge in [0.15, 0.2) is 0 Å². The number of aromatic nitrogens is 3. The Hall–Kier alpha value is -6.06. The van der Waals surface area contributed by atoms with E-state index >= 15 is 0 Å². The molecule has 0 fully saturated rings. The van der Waals surface area contributed by atoms with Crippen molar-refractivity contribution in [3.63, 3.8) is 0 Å². The van der Waals surface area contributed by atoms with E-state index in [2.05, 4.69) is 158 Å². The molecule has 0 aliphatic heterocycles. The van der Waals surface area contributed by atoms with Crippen LogP contribution < -0.4 is 0 Å². The highest BCUT2D eigenvalue weighted by Gasteiger charge is 2.35. The SMILES string of the molecule is CC1(C)c2ccccc2-c2c3c1cccc3cc1c2c2c3ccccc3ccc2n1-c1nc(-c2ccccc2)cc(-c2ccccc2)n1. The molecule has 48 heavy (non-hydrogen) atoms. The van der Waals surface area contributed by atoms with Gasteiger partial charge in [-0.15, -0.1) is 0 Å². The molecular weight excluding hydrogens is 583 g/mol. The van der Waals surface area contributed by atoms with Gasteiger partial charge in [-0.1, -0.05) is 147 Å². The Morgan fingerprint density at radius 2 is 1.10 bits per heavy atom. The van der Waals surface area contributed by atoms with Gasteiger partial charge in [-0.05, 0) is 56.4 Å². The van der Waals surface area contributed by atoms with Crippen LogP contribution in [0.3, 0.4) is 0 Å². The monoisotopic (exact) mass is 613 g/mol. The minimum Gasteiger partial charge on any atom is -0.278 e. The van der Waals surface area contributed by atoms with E-state index in [9.17, 15) is 0 Å². The van der Waals surface area contributed by atoms with Crippen LogP contribution in [0.25, 0.3) is 82.9 Å². The second-order valence-corrected chi connectivity index (χ2v) is 13.4. The van der Waals surface area contributed by atoms with E-state index in [1.165, 1.54) is 54.6 Å². The predicted molar refractivity (Wildman–Crippen MR) is 200 cm³/mol. The maximum atomic E-state index is 5.34. The van der Waals surface area contributed by atoms with Gasteiger partial charge in [-0.2, -0.15) is 0 Å². The first kappa shape index (κ1) is 27.1. The summed E-state index contributed by atoms with van der Waals surface area (Å²) in [6.07, 6.45) is 0. The molecule has 226 valence electrons. The molecule has 0 saturated heterocycles. The zero-order chi connectivity index (χ0) is 32.0. The molecule has 7 aromatic carbocycles. The number of nitrogens with zero attached hydrogens (tertiary/aromatic N) is 3. The Balaban J connectivity index is 1.43. The zero-order valence-electron chi connectivity index (χ0n) is 26.8. The van der Waals surface area contributed by atoms with E-state index in [4.69, 9.17) is 9.97 Å². The molecule has 9 aromatic rings. The summed E-state index contributed by atoms with van der Waals surface area (Å²) in [6, 6.07) is 54.4. The van der Waals surface area contributed by atoms with Crippen LogP contribution in [-0.2, 0) is 5.41 Å². The summed E-state index contributed by atoms with van der Waals surface area (Å²) >= 11 is 0. The molecule has 0 radical (unpaired) electrons. The second-order valence-electron chi connectivity index (χ2n) is 13.4. The van der Waals surface area contributed by atoms with Crippen molar-refractivity contribution in [2.75, 3.05) is 0 Å². The summed E-state index contributed by atoms with van der Waals surface area (Å²) < 4.78 is 2.31. The van der Waals surface area contributed by atoms with E-state index in [0.717, 1.165) is 33.5 Å². The van der Waals surface area contributed by atoms with Gasteiger partial charge >= 0.3 is 0 Å². The highest BCUT2D eigenvalue weighted by atomic mass is 15.2. The van der Waals surface area contributed by atoms with E-state index in [1.807, 2.05) is 12.1 Å². The summed E-state index contributed by atoms with van der Waals surface area (Å²) in [5.41, 5.74) is 11.3. The van der Waals surface area contributed by atoms with Crippen LogP contribution in [0.1, 0.15) is 25.0 Å². The molecule has 1 aliphatic carbocycles. The van der Waals surface area contributed by atoms with Crippen molar-refractivity contribution in [1.29, 1.82) is 0 Å². The summed E-state index contributed by atoms with van der Waals surface area (Å²) in [5, 5.41) is 7.51. The predicted octanol–water partition coefficient (Wildman–Crippen LogP) is 11.5. The Morgan fingerprint density at radius 1 is 0.479 bits per heavy atom. The van der Waals surface area contributed by atoms with Crippen LogP contribution in [0.2, 0.25) is 0 Å². The van der Waals surface area contributed by atoms with Crippen molar-refractivity contribution in [3.05, 3.63) is 163 Å². The minimum absolute atomic E-state index is 0.130. The fourth-order valence-corrected chi connectivity index (χ4v) is 8.16. The fourth-order valence-electron chi connectivity index (χ4n) is 8.16. The Bertz CT molecular complexity index is 2680.